The van der Waals surface area contributed by atoms with E-state index in [0.717, 1.165) is 29.3 Å². The molecule has 2 saturated carbocycles. The fourth-order valence-corrected chi connectivity index (χ4v) is 3.84. The first-order chi connectivity index (χ1) is 9.72. The zero-order valence-corrected chi connectivity index (χ0v) is 13.3. The summed E-state index contributed by atoms with van der Waals surface area (Å²) in [5.41, 5.74) is 2.61. The molecule has 0 amide bonds. The topological polar surface area (TPSA) is 12.0 Å². The van der Waals surface area contributed by atoms with Crippen LogP contribution in [0.1, 0.15) is 49.7 Å². The number of hydrogen-bond acceptors (Lipinski definition) is 1. The summed E-state index contributed by atoms with van der Waals surface area (Å²) in [4.78, 5) is 0. The monoisotopic (exact) mass is 291 g/mol. The zero-order valence-electron chi connectivity index (χ0n) is 12.5. The summed E-state index contributed by atoms with van der Waals surface area (Å²) in [6.07, 6.45) is 9.52. The Kier molecular flexibility index (Phi) is 4.68. The summed E-state index contributed by atoms with van der Waals surface area (Å²) in [5, 5.41) is 4.70. The molecular weight excluding hydrogens is 266 g/mol. The molecule has 0 spiro atoms. The van der Waals surface area contributed by atoms with Crippen LogP contribution in [0.3, 0.4) is 0 Å². The van der Waals surface area contributed by atoms with Crippen LogP contribution in [-0.4, -0.2) is 12.6 Å². The largest absolute Gasteiger partial charge is 0.314 e. The Morgan fingerprint density at radius 1 is 1.10 bits per heavy atom. The van der Waals surface area contributed by atoms with E-state index in [1.54, 1.807) is 0 Å². The van der Waals surface area contributed by atoms with Crippen molar-refractivity contribution in [1.29, 1.82) is 0 Å². The SMILES string of the molecule is Cc1ccc(CC2CCCCC2CNC2CC2)c(Cl)c1. The minimum atomic E-state index is 0.815. The van der Waals surface area contributed by atoms with Crippen molar-refractivity contribution in [3.05, 3.63) is 34.3 Å². The third kappa shape index (κ3) is 3.77. The van der Waals surface area contributed by atoms with Crippen molar-refractivity contribution in [3.63, 3.8) is 0 Å². The molecule has 0 aliphatic heterocycles. The lowest BCUT2D eigenvalue weighted by Gasteiger charge is -2.32. The van der Waals surface area contributed by atoms with E-state index < -0.39 is 0 Å². The van der Waals surface area contributed by atoms with Gasteiger partial charge in [0.1, 0.15) is 0 Å². The average Bonchev–Trinajstić information content (AvgIpc) is 3.25. The lowest BCUT2D eigenvalue weighted by Crippen LogP contribution is -2.32. The molecule has 20 heavy (non-hydrogen) atoms. The molecule has 2 aliphatic rings. The van der Waals surface area contributed by atoms with Crippen molar-refractivity contribution in [3.8, 4) is 0 Å². The molecule has 3 rings (SSSR count). The fourth-order valence-electron chi connectivity index (χ4n) is 3.53. The molecule has 1 nitrogen and oxygen atoms in total. The lowest BCUT2D eigenvalue weighted by atomic mass is 9.76. The van der Waals surface area contributed by atoms with Gasteiger partial charge in [-0.3, -0.25) is 0 Å². The van der Waals surface area contributed by atoms with Gasteiger partial charge in [-0.25, -0.2) is 0 Å². The molecule has 110 valence electrons. The lowest BCUT2D eigenvalue weighted by molar-refractivity contribution is 0.228. The number of benzene rings is 1. The molecule has 1 aromatic carbocycles. The minimum absolute atomic E-state index is 0.815. The third-order valence-electron chi connectivity index (χ3n) is 5.00. The number of rotatable bonds is 5. The van der Waals surface area contributed by atoms with Crippen molar-refractivity contribution < 1.29 is 0 Å². The van der Waals surface area contributed by atoms with Gasteiger partial charge in [-0.05, 0) is 74.6 Å². The van der Waals surface area contributed by atoms with E-state index in [4.69, 9.17) is 11.6 Å². The van der Waals surface area contributed by atoms with Crippen molar-refractivity contribution >= 4 is 11.6 Å². The van der Waals surface area contributed by atoms with Gasteiger partial charge < -0.3 is 5.32 Å². The highest BCUT2D eigenvalue weighted by atomic mass is 35.5. The van der Waals surface area contributed by atoms with Crippen LogP contribution in [0.4, 0.5) is 0 Å². The Morgan fingerprint density at radius 2 is 1.85 bits per heavy atom. The Morgan fingerprint density at radius 3 is 2.55 bits per heavy atom. The Labute approximate surface area is 128 Å². The highest BCUT2D eigenvalue weighted by molar-refractivity contribution is 6.31. The first-order valence-corrected chi connectivity index (χ1v) is 8.58. The van der Waals surface area contributed by atoms with Crippen molar-refractivity contribution in [2.75, 3.05) is 6.54 Å². The second-order valence-electron chi connectivity index (χ2n) is 6.79. The van der Waals surface area contributed by atoms with Gasteiger partial charge in [0.25, 0.3) is 0 Å². The summed E-state index contributed by atoms with van der Waals surface area (Å²) in [7, 11) is 0. The molecule has 0 radical (unpaired) electrons. The van der Waals surface area contributed by atoms with E-state index in [0.29, 0.717) is 0 Å². The van der Waals surface area contributed by atoms with Crippen molar-refractivity contribution in [2.45, 2.75) is 57.9 Å². The average molecular weight is 292 g/mol. The quantitative estimate of drug-likeness (QED) is 0.825. The molecule has 0 saturated heterocycles. The molecule has 2 fully saturated rings. The van der Waals surface area contributed by atoms with E-state index in [1.165, 1.54) is 56.2 Å². The van der Waals surface area contributed by atoms with E-state index >= 15 is 0 Å². The molecule has 2 unspecified atom stereocenters. The van der Waals surface area contributed by atoms with Gasteiger partial charge in [0.2, 0.25) is 0 Å². The van der Waals surface area contributed by atoms with Crippen LogP contribution >= 0.6 is 11.6 Å². The highest BCUT2D eigenvalue weighted by Crippen LogP contribution is 2.34. The molecule has 2 aliphatic carbocycles. The number of nitrogens with one attached hydrogen (secondary N) is 1. The van der Waals surface area contributed by atoms with Gasteiger partial charge in [-0.2, -0.15) is 0 Å². The van der Waals surface area contributed by atoms with Crippen LogP contribution in [-0.2, 0) is 6.42 Å². The molecular formula is C18H26ClN. The zero-order chi connectivity index (χ0) is 13.9. The molecule has 2 atom stereocenters. The van der Waals surface area contributed by atoms with Gasteiger partial charge in [0, 0.05) is 11.1 Å². The van der Waals surface area contributed by atoms with Gasteiger partial charge in [0.05, 0.1) is 0 Å². The van der Waals surface area contributed by atoms with Crippen LogP contribution in [0, 0.1) is 18.8 Å². The second kappa shape index (κ2) is 6.49. The second-order valence-corrected chi connectivity index (χ2v) is 7.19. The van der Waals surface area contributed by atoms with Crippen LogP contribution in [0.15, 0.2) is 18.2 Å². The van der Waals surface area contributed by atoms with Gasteiger partial charge in [0.15, 0.2) is 0 Å². The predicted octanol–water partition coefficient (Wildman–Crippen LogP) is 4.75. The minimum Gasteiger partial charge on any atom is -0.314 e. The van der Waals surface area contributed by atoms with Gasteiger partial charge in [-0.15, -0.1) is 0 Å². The number of aryl methyl sites for hydroxylation is 1. The van der Waals surface area contributed by atoms with Crippen LogP contribution < -0.4 is 5.32 Å². The molecule has 0 aromatic heterocycles. The summed E-state index contributed by atoms with van der Waals surface area (Å²) in [6.45, 7) is 3.33. The van der Waals surface area contributed by atoms with Crippen LogP contribution in [0.25, 0.3) is 0 Å². The number of halogens is 1. The smallest absolute Gasteiger partial charge is 0.0440 e. The maximum atomic E-state index is 6.42. The molecule has 1 N–H and O–H groups in total. The van der Waals surface area contributed by atoms with Crippen molar-refractivity contribution in [1.82, 2.24) is 5.32 Å². The van der Waals surface area contributed by atoms with Crippen LogP contribution in [0.2, 0.25) is 5.02 Å². The molecule has 0 heterocycles. The van der Waals surface area contributed by atoms with Crippen LogP contribution in [0.5, 0.6) is 0 Å². The standard InChI is InChI=1S/C18H26ClN/c1-13-6-7-15(18(19)10-13)11-14-4-2-3-5-16(14)12-20-17-8-9-17/h6-7,10,14,16-17,20H,2-5,8-9,11-12H2,1H3. The highest BCUT2D eigenvalue weighted by Gasteiger charge is 2.28. The van der Waals surface area contributed by atoms with Crippen molar-refractivity contribution in [2.24, 2.45) is 11.8 Å². The summed E-state index contributed by atoms with van der Waals surface area (Å²) >= 11 is 6.42. The van der Waals surface area contributed by atoms with Gasteiger partial charge in [-0.1, -0.05) is 36.6 Å². The Bertz CT molecular complexity index is 453. The van der Waals surface area contributed by atoms with E-state index in [-0.39, 0.29) is 0 Å². The molecule has 1 aromatic rings. The number of hydrogen-bond donors (Lipinski definition) is 1. The maximum Gasteiger partial charge on any atom is 0.0440 e. The fraction of sp³-hybridized carbons (Fsp3) is 0.667. The Hall–Kier alpha value is -0.530. The predicted molar refractivity (Wildman–Crippen MR) is 86.4 cm³/mol. The van der Waals surface area contributed by atoms with Gasteiger partial charge >= 0.3 is 0 Å². The first-order valence-electron chi connectivity index (χ1n) is 8.21. The summed E-state index contributed by atoms with van der Waals surface area (Å²) < 4.78 is 0. The maximum absolute atomic E-state index is 6.42. The van der Waals surface area contributed by atoms with E-state index in [1.807, 2.05) is 0 Å². The Balaban J connectivity index is 1.62. The summed E-state index contributed by atoms with van der Waals surface area (Å²) in [5.74, 6) is 1.66. The first kappa shape index (κ1) is 14.4. The summed E-state index contributed by atoms with van der Waals surface area (Å²) in [6, 6.07) is 7.37. The van der Waals surface area contributed by atoms with E-state index in [2.05, 4.69) is 30.4 Å². The van der Waals surface area contributed by atoms with E-state index in [9.17, 15) is 0 Å². The molecule has 0 bridgehead atoms. The molecule has 2 heteroatoms. The normalized spacial score (nSPS) is 26.7. The third-order valence-corrected chi connectivity index (χ3v) is 5.36.